The average Bonchev–Trinajstić information content (AvgIpc) is 4.01. The number of ether oxygens (including phenoxy) is 1. The van der Waals surface area contributed by atoms with Crippen LogP contribution >= 0.6 is 22.7 Å². The Labute approximate surface area is 343 Å². The molecule has 0 spiro atoms. The van der Waals surface area contributed by atoms with Crippen LogP contribution in [0.4, 0.5) is 0 Å². The SMILES string of the molecule is C=CC(C)(C)Oc1ccc(C[C@@H]2NC(=O)c3csc(n3)[C@@H]3CCCN3C(=O)[C@H](CCS(C)=O)NC(=O)c3csc(n3)[C@H](C(C)C)NC(=O)[C@@H]3CCCN3C2=O)cc1. The van der Waals surface area contributed by atoms with Crippen LogP contribution in [-0.4, -0.2) is 102 Å². The standard InChI is InChI=1S/C40H51N7O7S3/c1-7-40(4,5)54-25-14-12-24(13-15-25)20-27-39(52)46-17-8-10-30(46)35(50)45-32(23(2)3)37-44-29(22-56-37)33(48)41-26(16-19-57(6)53)38(51)47-18-9-11-31(47)36-43-28(21-55-36)34(49)42-27/h7,12-15,21-23,26-27,30-32H,1,8-11,16-20H2,2-6H3,(H,41,48)(H,42,49)(H,45,50)/t26-,27-,30-,31-,32-,57?/m0/s1. The minimum absolute atomic E-state index is 0.105. The van der Waals surface area contributed by atoms with E-state index < -0.39 is 64.3 Å². The van der Waals surface area contributed by atoms with Gasteiger partial charge in [-0.25, -0.2) is 9.97 Å². The van der Waals surface area contributed by atoms with E-state index in [2.05, 4.69) is 32.5 Å². The fraction of sp³-hybridized carbons (Fsp3) is 0.525. The zero-order chi connectivity index (χ0) is 41.0. The Morgan fingerprint density at radius 1 is 0.877 bits per heavy atom. The normalized spacial score (nSPS) is 24.2. The number of nitrogens with one attached hydrogen (secondary N) is 3. The van der Waals surface area contributed by atoms with Crippen molar-refractivity contribution in [1.82, 2.24) is 35.7 Å². The number of rotatable bonds is 9. The van der Waals surface area contributed by atoms with Gasteiger partial charge in [0.05, 0.1) is 12.1 Å². The molecule has 0 saturated carbocycles. The zero-order valence-corrected chi connectivity index (χ0v) is 35.4. The van der Waals surface area contributed by atoms with Gasteiger partial charge in [0, 0.05) is 53.1 Å². The first-order valence-corrected chi connectivity index (χ1v) is 22.8. The molecule has 6 atom stereocenters. The topological polar surface area (TPSA) is 180 Å². The predicted octanol–water partition coefficient (Wildman–Crippen LogP) is 4.33. The number of nitrogens with zero attached hydrogens (tertiary/aromatic N) is 4. The summed E-state index contributed by atoms with van der Waals surface area (Å²) < 4.78 is 18.2. The summed E-state index contributed by atoms with van der Waals surface area (Å²) in [7, 11) is -1.21. The maximum absolute atomic E-state index is 14.5. The number of carbonyl (C=O) groups is 5. The van der Waals surface area contributed by atoms with E-state index in [0.29, 0.717) is 54.5 Å². The molecule has 3 aliphatic heterocycles. The quantitative estimate of drug-likeness (QED) is 0.265. The Morgan fingerprint density at radius 3 is 2.05 bits per heavy atom. The third-order valence-corrected chi connectivity index (χ3v) is 13.2. The van der Waals surface area contributed by atoms with Crippen molar-refractivity contribution in [2.24, 2.45) is 5.92 Å². The number of benzene rings is 1. The fourth-order valence-electron chi connectivity index (χ4n) is 7.31. The molecule has 3 aromatic rings. The van der Waals surface area contributed by atoms with Crippen molar-refractivity contribution in [3.05, 3.63) is 74.6 Å². The zero-order valence-electron chi connectivity index (χ0n) is 32.9. The number of amides is 5. The summed E-state index contributed by atoms with van der Waals surface area (Å²) in [5.41, 5.74) is 0.390. The fourth-order valence-corrected chi connectivity index (χ4v) is 9.85. The van der Waals surface area contributed by atoms with Crippen molar-refractivity contribution in [3.8, 4) is 5.75 Å². The van der Waals surface area contributed by atoms with E-state index in [0.717, 1.165) is 5.56 Å². The van der Waals surface area contributed by atoms with Gasteiger partial charge < -0.3 is 30.5 Å². The Kier molecular flexibility index (Phi) is 13.3. The molecule has 306 valence electrons. The molecule has 3 aliphatic rings. The minimum Gasteiger partial charge on any atom is -0.484 e. The highest BCUT2D eigenvalue weighted by Gasteiger charge is 2.41. The summed E-state index contributed by atoms with van der Waals surface area (Å²) in [6.45, 7) is 12.2. The molecule has 4 bridgehead atoms. The molecule has 2 saturated heterocycles. The van der Waals surface area contributed by atoms with Crippen molar-refractivity contribution in [3.63, 3.8) is 0 Å². The van der Waals surface area contributed by atoms with Gasteiger partial charge in [-0.2, -0.15) is 0 Å². The molecule has 1 aromatic carbocycles. The number of hydrogen-bond donors (Lipinski definition) is 3. The van der Waals surface area contributed by atoms with Crippen molar-refractivity contribution < 1.29 is 32.9 Å². The van der Waals surface area contributed by atoms with Gasteiger partial charge in [0.2, 0.25) is 17.7 Å². The highest BCUT2D eigenvalue weighted by atomic mass is 32.2. The van der Waals surface area contributed by atoms with Crippen LogP contribution in [-0.2, 0) is 31.6 Å². The largest absolute Gasteiger partial charge is 0.484 e. The van der Waals surface area contributed by atoms with E-state index in [1.165, 1.54) is 22.7 Å². The van der Waals surface area contributed by atoms with Gasteiger partial charge in [0.25, 0.3) is 11.8 Å². The summed E-state index contributed by atoms with van der Waals surface area (Å²) in [4.78, 5) is 82.9. The molecule has 5 heterocycles. The van der Waals surface area contributed by atoms with Crippen LogP contribution in [0.2, 0.25) is 0 Å². The number of aromatic nitrogens is 2. The van der Waals surface area contributed by atoms with Crippen molar-refractivity contribution in [1.29, 1.82) is 0 Å². The van der Waals surface area contributed by atoms with Crippen molar-refractivity contribution in [2.45, 2.75) is 102 Å². The molecule has 14 nitrogen and oxygen atoms in total. The number of carbonyl (C=O) groups excluding carboxylic acids is 5. The molecule has 5 amide bonds. The molecular formula is C40H51N7O7S3. The van der Waals surface area contributed by atoms with Crippen LogP contribution in [0.15, 0.2) is 47.7 Å². The van der Waals surface area contributed by atoms with Crippen LogP contribution in [0, 0.1) is 5.92 Å². The summed E-state index contributed by atoms with van der Waals surface area (Å²) in [5.74, 6) is -1.49. The van der Waals surface area contributed by atoms with Gasteiger partial charge in [0.1, 0.15) is 50.9 Å². The lowest BCUT2D eigenvalue weighted by atomic mass is 10.0. The Morgan fingerprint density at radius 2 is 1.44 bits per heavy atom. The summed E-state index contributed by atoms with van der Waals surface area (Å²) in [6, 6.07) is 3.50. The summed E-state index contributed by atoms with van der Waals surface area (Å²) >= 11 is 2.47. The van der Waals surface area contributed by atoms with Gasteiger partial charge in [0.15, 0.2) is 0 Å². The van der Waals surface area contributed by atoms with Gasteiger partial charge >= 0.3 is 0 Å². The third kappa shape index (κ3) is 9.98. The number of thiazole rings is 2. The maximum atomic E-state index is 14.5. The molecular weight excluding hydrogens is 787 g/mol. The van der Waals surface area contributed by atoms with Crippen LogP contribution in [0.25, 0.3) is 0 Å². The lowest BCUT2D eigenvalue weighted by Gasteiger charge is -2.30. The van der Waals surface area contributed by atoms with Crippen LogP contribution in [0.5, 0.6) is 5.75 Å². The minimum atomic E-state index is -1.21. The molecule has 57 heavy (non-hydrogen) atoms. The van der Waals surface area contributed by atoms with E-state index in [9.17, 15) is 28.2 Å². The summed E-state index contributed by atoms with van der Waals surface area (Å²) in [5, 5.41) is 13.2. The Hall–Kier alpha value is -4.48. The smallest absolute Gasteiger partial charge is 0.271 e. The third-order valence-electron chi connectivity index (χ3n) is 10.5. The molecule has 0 radical (unpaired) electrons. The lowest BCUT2D eigenvalue weighted by molar-refractivity contribution is -0.140. The molecule has 1 unspecified atom stereocenters. The van der Waals surface area contributed by atoms with Crippen molar-refractivity contribution >= 4 is 63.0 Å². The van der Waals surface area contributed by atoms with Gasteiger partial charge in [-0.1, -0.05) is 32.6 Å². The van der Waals surface area contributed by atoms with E-state index in [1.54, 1.807) is 45.0 Å². The monoisotopic (exact) mass is 837 g/mol. The average molecular weight is 838 g/mol. The van der Waals surface area contributed by atoms with Crippen LogP contribution < -0.4 is 20.7 Å². The molecule has 2 fully saturated rings. The van der Waals surface area contributed by atoms with Gasteiger partial charge in [-0.05, 0) is 75.6 Å². The van der Waals surface area contributed by atoms with E-state index >= 15 is 0 Å². The Bertz CT molecular complexity index is 2010. The second-order valence-corrected chi connectivity index (χ2v) is 19.0. The van der Waals surface area contributed by atoms with Gasteiger partial charge in [-0.15, -0.1) is 22.7 Å². The van der Waals surface area contributed by atoms with E-state index in [-0.39, 0.29) is 47.7 Å². The summed E-state index contributed by atoms with van der Waals surface area (Å²) in [6.07, 6.45) is 5.89. The van der Waals surface area contributed by atoms with Crippen LogP contribution in [0.3, 0.4) is 0 Å². The first kappa shape index (κ1) is 42.1. The van der Waals surface area contributed by atoms with Crippen LogP contribution in [0.1, 0.15) is 108 Å². The maximum Gasteiger partial charge on any atom is 0.271 e. The first-order chi connectivity index (χ1) is 27.1. The number of hydrogen-bond acceptors (Lipinski definition) is 11. The van der Waals surface area contributed by atoms with E-state index in [4.69, 9.17) is 4.74 Å². The highest BCUT2D eigenvalue weighted by molar-refractivity contribution is 7.84. The highest BCUT2D eigenvalue weighted by Crippen LogP contribution is 2.35. The molecule has 2 aromatic heterocycles. The predicted molar refractivity (Wildman–Crippen MR) is 219 cm³/mol. The Balaban J connectivity index is 1.36. The number of fused-ring (bicyclic) bond motifs is 7. The lowest BCUT2D eigenvalue weighted by Crippen LogP contribution is -2.54. The second-order valence-electron chi connectivity index (χ2n) is 15.6. The van der Waals surface area contributed by atoms with E-state index in [1.807, 2.05) is 39.8 Å². The molecule has 17 heteroatoms. The second kappa shape index (κ2) is 18.0. The molecule has 3 N–H and O–H groups in total. The molecule has 6 rings (SSSR count). The van der Waals surface area contributed by atoms with Gasteiger partial charge in [-0.3, -0.25) is 28.2 Å². The first-order valence-electron chi connectivity index (χ1n) is 19.3. The van der Waals surface area contributed by atoms with Crippen molar-refractivity contribution in [2.75, 3.05) is 25.1 Å². The molecule has 0 aliphatic carbocycles.